The van der Waals surface area contributed by atoms with Crippen molar-refractivity contribution in [3.05, 3.63) is 35.9 Å². The van der Waals surface area contributed by atoms with Gasteiger partial charge in [-0.25, -0.2) is 8.42 Å². The zero-order valence-electron chi connectivity index (χ0n) is 11.6. The van der Waals surface area contributed by atoms with Gasteiger partial charge in [-0.3, -0.25) is 9.69 Å². The molecule has 1 saturated heterocycles. The fraction of sp³-hybridized carbons (Fsp3) is 0.500. The Morgan fingerprint density at radius 3 is 2.52 bits per heavy atom. The van der Waals surface area contributed by atoms with E-state index in [-0.39, 0.29) is 30.6 Å². The summed E-state index contributed by atoms with van der Waals surface area (Å²) in [4.78, 5) is 12.5. The maximum Gasteiger partial charge on any atom is 0.317 e. The zero-order valence-corrected chi connectivity index (χ0v) is 12.4. The summed E-state index contributed by atoms with van der Waals surface area (Å²) in [6.45, 7) is -0.166. The SMILES string of the molecule is O=C(O)CN(CC(O)c1ccccc1)C1CCS(=O)(=O)C1. The Morgan fingerprint density at radius 1 is 1.33 bits per heavy atom. The van der Waals surface area contributed by atoms with E-state index in [1.165, 1.54) is 0 Å². The number of benzene rings is 1. The van der Waals surface area contributed by atoms with E-state index in [2.05, 4.69) is 0 Å². The summed E-state index contributed by atoms with van der Waals surface area (Å²) in [5.41, 5.74) is 0.689. The molecule has 2 unspecified atom stereocenters. The minimum atomic E-state index is -3.09. The minimum Gasteiger partial charge on any atom is -0.480 e. The highest BCUT2D eigenvalue weighted by molar-refractivity contribution is 7.91. The van der Waals surface area contributed by atoms with Crippen molar-refractivity contribution in [2.45, 2.75) is 18.6 Å². The standard InChI is InChI=1S/C14H19NO5S/c16-13(11-4-2-1-3-5-11)8-15(9-14(17)18)12-6-7-21(19,20)10-12/h1-5,12-13,16H,6-10H2,(H,17,18). The fourth-order valence-electron chi connectivity index (χ4n) is 2.58. The van der Waals surface area contributed by atoms with Crippen LogP contribution in [0.4, 0.5) is 0 Å². The van der Waals surface area contributed by atoms with Gasteiger partial charge in [0.1, 0.15) is 0 Å². The molecular formula is C14H19NO5S. The minimum absolute atomic E-state index is 0.0399. The molecule has 0 amide bonds. The van der Waals surface area contributed by atoms with Gasteiger partial charge in [-0.05, 0) is 12.0 Å². The third kappa shape index (κ3) is 4.52. The van der Waals surface area contributed by atoms with Gasteiger partial charge in [0.05, 0.1) is 24.2 Å². The lowest BCUT2D eigenvalue weighted by Gasteiger charge is -2.28. The average Bonchev–Trinajstić information content (AvgIpc) is 2.79. The highest BCUT2D eigenvalue weighted by Crippen LogP contribution is 2.21. The maximum atomic E-state index is 11.6. The molecule has 2 atom stereocenters. The molecule has 0 bridgehead atoms. The van der Waals surface area contributed by atoms with Crippen LogP contribution in [0.5, 0.6) is 0 Å². The van der Waals surface area contributed by atoms with E-state index in [9.17, 15) is 18.3 Å². The number of carboxylic acid groups (broad SMARTS) is 1. The molecule has 1 fully saturated rings. The zero-order chi connectivity index (χ0) is 15.5. The second kappa shape index (κ2) is 6.55. The summed E-state index contributed by atoms with van der Waals surface area (Å²) in [6, 6.07) is 8.59. The number of carbonyl (C=O) groups is 1. The first kappa shape index (κ1) is 15.9. The molecular weight excluding hydrogens is 294 g/mol. The second-order valence-corrected chi connectivity index (χ2v) is 7.54. The molecule has 2 N–H and O–H groups in total. The van der Waals surface area contributed by atoms with Crippen LogP contribution in [0.25, 0.3) is 0 Å². The average molecular weight is 313 g/mol. The first-order chi connectivity index (χ1) is 9.87. The van der Waals surface area contributed by atoms with Crippen LogP contribution in [0.3, 0.4) is 0 Å². The van der Waals surface area contributed by atoms with Crippen molar-refractivity contribution in [3.8, 4) is 0 Å². The van der Waals surface area contributed by atoms with Gasteiger partial charge in [0.15, 0.2) is 9.84 Å². The Hall–Kier alpha value is -1.44. The van der Waals surface area contributed by atoms with Gasteiger partial charge in [0.25, 0.3) is 0 Å². The third-order valence-electron chi connectivity index (χ3n) is 3.65. The van der Waals surface area contributed by atoms with Crippen LogP contribution in [-0.2, 0) is 14.6 Å². The second-order valence-electron chi connectivity index (χ2n) is 5.31. The number of hydrogen-bond acceptors (Lipinski definition) is 5. The highest BCUT2D eigenvalue weighted by Gasteiger charge is 2.34. The molecule has 1 heterocycles. The number of hydrogen-bond donors (Lipinski definition) is 2. The van der Waals surface area contributed by atoms with E-state index in [1.54, 1.807) is 29.2 Å². The van der Waals surface area contributed by atoms with Gasteiger partial charge in [0.2, 0.25) is 0 Å². The molecule has 1 aromatic carbocycles. The molecule has 1 aliphatic rings. The van der Waals surface area contributed by atoms with Crippen molar-refractivity contribution in [2.75, 3.05) is 24.6 Å². The Morgan fingerprint density at radius 2 is 2.00 bits per heavy atom. The number of carboxylic acids is 1. The maximum absolute atomic E-state index is 11.6. The predicted molar refractivity (Wildman–Crippen MR) is 77.7 cm³/mol. The smallest absolute Gasteiger partial charge is 0.317 e. The Labute approximate surface area is 123 Å². The summed E-state index contributed by atoms with van der Waals surface area (Å²) < 4.78 is 23.1. The fourth-order valence-corrected chi connectivity index (χ4v) is 4.34. The van der Waals surface area contributed by atoms with Crippen molar-refractivity contribution in [3.63, 3.8) is 0 Å². The number of nitrogens with zero attached hydrogens (tertiary/aromatic N) is 1. The first-order valence-corrected chi connectivity index (χ1v) is 8.59. The molecule has 6 nitrogen and oxygen atoms in total. The summed E-state index contributed by atoms with van der Waals surface area (Å²) in [7, 11) is -3.09. The molecule has 1 aromatic rings. The summed E-state index contributed by atoms with van der Waals surface area (Å²) >= 11 is 0. The van der Waals surface area contributed by atoms with E-state index in [1.807, 2.05) is 6.07 Å². The molecule has 7 heteroatoms. The molecule has 0 spiro atoms. The topological polar surface area (TPSA) is 94.9 Å². The van der Waals surface area contributed by atoms with Gasteiger partial charge < -0.3 is 10.2 Å². The number of aliphatic hydroxyl groups is 1. The molecule has 21 heavy (non-hydrogen) atoms. The summed E-state index contributed by atoms with van der Waals surface area (Å²) in [5, 5.41) is 19.2. The lowest BCUT2D eigenvalue weighted by molar-refractivity contribution is -0.139. The number of sulfone groups is 1. The van der Waals surface area contributed by atoms with Gasteiger partial charge in [-0.1, -0.05) is 30.3 Å². The monoisotopic (exact) mass is 313 g/mol. The van der Waals surface area contributed by atoms with E-state index < -0.39 is 21.9 Å². The van der Waals surface area contributed by atoms with E-state index in [0.717, 1.165) is 0 Å². The van der Waals surface area contributed by atoms with Crippen LogP contribution in [0, 0.1) is 0 Å². The Bertz CT molecular complexity index is 587. The van der Waals surface area contributed by atoms with Crippen molar-refractivity contribution in [1.82, 2.24) is 4.90 Å². The number of aliphatic carboxylic acids is 1. The Balaban J connectivity index is 2.08. The number of rotatable bonds is 6. The molecule has 0 saturated carbocycles. The van der Waals surface area contributed by atoms with Gasteiger partial charge in [-0.15, -0.1) is 0 Å². The predicted octanol–water partition coefficient (Wildman–Crippen LogP) is 0.294. The molecule has 0 aromatic heterocycles. The van der Waals surface area contributed by atoms with Gasteiger partial charge in [0, 0.05) is 12.6 Å². The van der Waals surface area contributed by atoms with Crippen LogP contribution in [0.2, 0.25) is 0 Å². The van der Waals surface area contributed by atoms with Gasteiger partial charge >= 0.3 is 5.97 Å². The van der Waals surface area contributed by atoms with Crippen molar-refractivity contribution < 1.29 is 23.4 Å². The summed E-state index contributed by atoms with van der Waals surface area (Å²) in [6.07, 6.45) is -0.425. The highest BCUT2D eigenvalue weighted by atomic mass is 32.2. The van der Waals surface area contributed by atoms with E-state index in [4.69, 9.17) is 5.11 Å². The normalized spacial score (nSPS) is 22.3. The summed E-state index contributed by atoms with van der Waals surface area (Å²) in [5.74, 6) is -0.989. The van der Waals surface area contributed by atoms with Crippen LogP contribution in [-0.4, -0.2) is 60.1 Å². The van der Waals surface area contributed by atoms with Crippen LogP contribution in [0.15, 0.2) is 30.3 Å². The first-order valence-electron chi connectivity index (χ1n) is 6.76. The quantitative estimate of drug-likeness (QED) is 0.784. The van der Waals surface area contributed by atoms with Crippen molar-refractivity contribution in [2.24, 2.45) is 0 Å². The molecule has 1 aliphatic heterocycles. The van der Waals surface area contributed by atoms with Crippen molar-refractivity contribution >= 4 is 15.8 Å². The van der Waals surface area contributed by atoms with Crippen LogP contribution < -0.4 is 0 Å². The lowest BCUT2D eigenvalue weighted by Crippen LogP contribution is -2.42. The van der Waals surface area contributed by atoms with Crippen LogP contribution in [0.1, 0.15) is 18.1 Å². The Kier molecular flexibility index (Phi) is 4.97. The van der Waals surface area contributed by atoms with E-state index >= 15 is 0 Å². The molecule has 116 valence electrons. The van der Waals surface area contributed by atoms with Crippen molar-refractivity contribution in [1.29, 1.82) is 0 Å². The molecule has 2 rings (SSSR count). The number of aliphatic hydroxyl groups excluding tert-OH is 1. The third-order valence-corrected chi connectivity index (χ3v) is 5.41. The molecule has 0 aliphatic carbocycles. The van der Waals surface area contributed by atoms with E-state index in [0.29, 0.717) is 12.0 Å². The largest absolute Gasteiger partial charge is 0.480 e. The van der Waals surface area contributed by atoms with Gasteiger partial charge in [-0.2, -0.15) is 0 Å². The van der Waals surface area contributed by atoms with Crippen LogP contribution >= 0.6 is 0 Å². The molecule has 0 radical (unpaired) electrons. The lowest BCUT2D eigenvalue weighted by atomic mass is 10.1.